The molecule has 1 aliphatic heterocycles. The van der Waals surface area contributed by atoms with E-state index in [0.717, 1.165) is 5.56 Å². The maximum Gasteiger partial charge on any atom is 0.322 e. The molecule has 19 heavy (non-hydrogen) atoms. The zero-order chi connectivity index (χ0) is 13.8. The molecule has 0 bridgehead atoms. The van der Waals surface area contributed by atoms with Gasteiger partial charge in [-0.25, -0.2) is 4.79 Å². The second kappa shape index (κ2) is 5.71. The van der Waals surface area contributed by atoms with E-state index in [-0.39, 0.29) is 18.9 Å². The molecular weight excluding hydrogens is 270 g/mol. The lowest BCUT2D eigenvalue weighted by Crippen LogP contribution is -2.42. The van der Waals surface area contributed by atoms with E-state index in [4.69, 9.17) is 11.6 Å². The summed E-state index contributed by atoms with van der Waals surface area (Å²) in [5.41, 5.74) is 0.782. The molecule has 7 heteroatoms. The number of hydrogen-bond acceptors (Lipinski definition) is 3. The van der Waals surface area contributed by atoms with Crippen LogP contribution in [-0.4, -0.2) is 30.4 Å². The van der Waals surface area contributed by atoms with Crippen LogP contribution in [0.25, 0.3) is 0 Å². The van der Waals surface area contributed by atoms with E-state index in [2.05, 4.69) is 16.0 Å². The Labute approximate surface area is 114 Å². The van der Waals surface area contributed by atoms with Crippen molar-refractivity contribution in [1.82, 2.24) is 16.0 Å². The molecule has 0 saturated carbocycles. The third-order valence-electron chi connectivity index (χ3n) is 2.62. The van der Waals surface area contributed by atoms with E-state index in [9.17, 15) is 14.4 Å². The van der Waals surface area contributed by atoms with Gasteiger partial charge in [0.1, 0.15) is 6.04 Å². The highest BCUT2D eigenvalue weighted by atomic mass is 35.5. The Bertz CT molecular complexity index is 533. The molecule has 1 aromatic rings. The number of carbonyl (C=O) groups excluding carboxylic acids is 3. The van der Waals surface area contributed by atoms with Crippen LogP contribution >= 0.6 is 11.6 Å². The molecule has 1 fully saturated rings. The minimum atomic E-state index is -0.712. The Morgan fingerprint density at radius 1 is 1.37 bits per heavy atom. The molecule has 1 saturated heterocycles. The topological polar surface area (TPSA) is 87.3 Å². The van der Waals surface area contributed by atoms with Crippen LogP contribution in [0.15, 0.2) is 24.3 Å². The van der Waals surface area contributed by atoms with Gasteiger partial charge in [-0.3, -0.25) is 14.9 Å². The summed E-state index contributed by atoms with van der Waals surface area (Å²) in [6, 6.07) is 5.72. The molecule has 0 aliphatic carbocycles. The van der Waals surface area contributed by atoms with Gasteiger partial charge in [-0.15, -0.1) is 0 Å². The highest BCUT2D eigenvalue weighted by Crippen LogP contribution is 2.10. The molecule has 0 spiro atoms. The summed E-state index contributed by atoms with van der Waals surface area (Å²) >= 11 is 5.81. The van der Waals surface area contributed by atoms with Crippen molar-refractivity contribution < 1.29 is 14.4 Å². The Balaban J connectivity index is 1.82. The van der Waals surface area contributed by atoms with Gasteiger partial charge < -0.3 is 10.6 Å². The van der Waals surface area contributed by atoms with Crippen LogP contribution in [0, 0.1) is 0 Å². The van der Waals surface area contributed by atoms with Gasteiger partial charge in [-0.05, 0) is 17.7 Å². The Hall–Kier alpha value is -2.08. The number of carbonyl (C=O) groups is 3. The Morgan fingerprint density at radius 3 is 2.79 bits per heavy atom. The number of hydrogen-bond donors (Lipinski definition) is 3. The van der Waals surface area contributed by atoms with E-state index >= 15 is 0 Å². The van der Waals surface area contributed by atoms with Gasteiger partial charge in [0.15, 0.2) is 0 Å². The highest BCUT2D eigenvalue weighted by Gasteiger charge is 2.29. The predicted octanol–water partition coefficient (Wildman–Crippen LogP) is 0.207. The number of amides is 4. The summed E-state index contributed by atoms with van der Waals surface area (Å²) in [5.74, 6) is -0.677. The first-order valence-electron chi connectivity index (χ1n) is 5.67. The SMILES string of the molecule is O=C(Cc1cccc(Cl)c1)NCC1NC(=O)NC1=O. The fourth-order valence-corrected chi connectivity index (χ4v) is 1.93. The lowest BCUT2D eigenvalue weighted by atomic mass is 10.1. The third-order valence-corrected chi connectivity index (χ3v) is 2.85. The van der Waals surface area contributed by atoms with Gasteiger partial charge >= 0.3 is 6.03 Å². The number of rotatable bonds is 4. The van der Waals surface area contributed by atoms with Crippen LogP contribution in [0.5, 0.6) is 0 Å². The van der Waals surface area contributed by atoms with Crippen LogP contribution in [0.4, 0.5) is 4.79 Å². The van der Waals surface area contributed by atoms with E-state index in [0.29, 0.717) is 5.02 Å². The van der Waals surface area contributed by atoms with Crippen molar-refractivity contribution in [3.63, 3.8) is 0 Å². The average Bonchev–Trinajstić information content (AvgIpc) is 2.65. The van der Waals surface area contributed by atoms with Gasteiger partial charge in [0.25, 0.3) is 5.91 Å². The molecule has 2 rings (SSSR count). The van der Waals surface area contributed by atoms with Crippen molar-refractivity contribution in [2.24, 2.45) is 0 Å². The molecule has 4 amide bonds. The monoisotopic (exact) mass is 281 g/mol. The van der Waals surface area contributed by atoms with Gasteiger partial charge in [-0.2, -0.15) is 0 Å². The summed E-state index contributed by atoms with van der Waals surface area (Å²) < 4.78 is 0. The first-order valence-corrected chi connectivity index (χ1v) is 6.05. The average molecular weight is 282 g/mol. The quantitative estimate of drug-likeness (QED) is 0.689. The van der Waals surface area contributed by atoms with Gasteiger partial charge in [0.05, 0.1) is 6.42 Å². The van der Waals surface area contributed by atoms with Crippen molar-refractivity contribution in [3.05, 3.63) is 34.9 Å². The van der Waals surface area contributed by atoms with Crippen molar-refractivity contribution in [3.8, 4) is 0 Å². The molecule has 6 nitrogen and oxygen atoms in total. The van der Waals surface area contributed by atoms with Crippen molar-refractivity contribution in [1.29, 1.82) is 0 Å². The molecule has 1 aromatic carbocycles. The first-order chi connectivity index (χ1) is 9.04. The molecule has 1 atom stereocenters. The minimum Gasteiger partial charge on any atom is -0.353 e. The molecule has 1 heterocycles. The molecule has 100 valence electrons. The van der Waals surface area contributed by atoms with Gasteiger partial charge in [0, 0.05) is 11.6 Å². The molecule has 1 aliphatic rings. The Kier molecular flexibility index (Phi) is 4.01. The largest absolute Gasteiger partial charge is 0.353 e. The second-order valence-corrected chi connectivity index (χ2v) is 4.56. The van der Waals surface area contributed by atoms with Gasteiger partial charge in [-0.1, -0.05) is 23.7 Å². The van der Waals surface area contributed by atoms with Crippen LogP contribution in [0.1, 0.15) is 5.56 Å². The normalized spacial score (nSPS) is 17.8. The molecule has 0 radical (unpaired) electrons. The van der Waals surface area contributed by atoms with Crippen molar-refractivity contribution in [2.45, 2.75) is 12.5 Å². The molecule has 1 unspecified atom stereocenters. The maximum absolute atomic E-state index is 11.7. The number of nitrogens with one attached hydrogen (secondary N) is 3. The van der Waals surface area contributed by atoms with Crippen LogP contribution < -0.4 is 16.0 Å². The smallest absolute Gasteiger partial charge is 0.322 e. The molecule has 3 N–H and O–H groups in total. The predicted molar refractivity (Wildman–Crippen MR) is 68.6 cm³/mol. The summed E-state index contributed by atoms with van der Waals surface area (Å²) in [7, 11) is 0. The third kappa shape index (κ3) is 3.69. The van der Waals surface area contributed by atoms with Crippen LogP contribution in [-0.2, 0) is 16.0 Å². The lowest BCUT2D eigenvalue weighted by Gasteiger charge is -2.09. The summed E-state index contributed by atoms with van der Waals surface area (Å²) in [4.78, 5) is 33.8. The highest BCUT2D eigenvalue weighted by molar-refractivity contribution is 6.30. The van der Waals surface area contributed by atoms with E-state index in [1.165, 1.54) is 0 Å². The van der Waals surface area contributed by atoms with E-state index in [1.807, 2.05) is 0 Å². The number of imide groups is 1. The van der Waals surface area contributed by atoms with E-state index in [1.54, 1.807) is 24.3 Å². The lowest BCUT2D eigenvalue weighted by molar-refractivity contribution is -0.121. The molecular formula is C12H12ClN3O3. The Morgan fingerprint density at radius 2 is 2.16 bits per heavy atom. The van der Waals surface area contributed by atoms with Crippen molar-refractivity contribution in [2.75, 3.05) is 6.54 Å². The second-order valence-electron chi connectivity index (χ2n) is 4.13. The van der Waals surface area contributed by atoms with E-state index < -0.39 is 18.0 Å². The first kappa shape index (κ1) is 13.4. The summed E-state index contributed by atoms with van der Waals surface area (Å²) in [6.07, 6.45) is 0.169. The van der Waals surface area contributed by atoms with Crippen LogP contribution in [0.3, 0.4) is 0 Å². The maximum atomic E-state index is 11.7. The zero-order valence-corrected chi connectivity index (χ0v) is 10.7. The van der Waals surface area contributed by atoms with Crippen LogP contribution in [0.2, 0.25) is 5.02 Å². The zero-order valence-electron chi connectivity index (χ0n) is 9.90. The summed E-state index contributed by atoms with van der Waals surface area (Å²) in [5, 5.41) is 7.64. The van der Waals surface area contributed by atoms with Gasteiger partial charge in [0.2, 0.25) is 5.91 Å². The summed E-state index contributed by atoms with van der Waals surface area (Å²) in [6.45, 7) is 0.0664. The fraction of sp³-hybridized carbons (Fsp3) is 0.250. The number of benzene rings is 1. The number of urea groups is 1. The standard InChI is InChI=1S/C12H12ClN3O3/c13-8-3-1-2-7(4-8)5-10(17)14-6-9-11(18)16-12(19)15-9/h1-4,9H,5-6H2,(H,14,17)(H2,15,16,18,19). The molecule has 0 aromatic heterocycles. The fourth-order valence-electron chi connectivity index (χ4n) is 1.71. The minimum absolute atomic E-state index is 0.0664. The number of halogens is 1. The van der Waals surface area contributed by atoms with Crippen molar-refractivity contribution >= 4 is 29.4 Å².